The number of ether oxygens (including phenoxy) is 1. The van der Waals surface area contributed by atoms with E-state index in [0.29, 0.717) is 5.56 Å². The van der Waals surface area contributed by atoms with Gasteiger partial charge in [-0.1, -0.05) is 18.1 Å². The zero-order valence-corrected chi connectivity index (χ0v) is 14.8. The molecule has 0 bridgehead atoms. The molecule has 4 nitrogen and oxygen atoms in total. The molecule has 0 radical (unpaired) electrons. The first-order valence-corrected chi connectivity index (χ1v) is 8.78. The molecule has 0 saturated heterocycles. The summed E-state index contributed by atoms with van der Waals surface area (Å²) in [5.74, 6) is 0.627. The number of carbonyl (C=O) groups is 1. The van der Waals surface area contributed by atoms with Gasteiger partial charge in [-0.3, -0.25) is 9.79 Å². The van der Waals surface area contributed by atoms with Crippen LogP contribution in [0.5, 0.6) is 5.75 Å². The summed E-state index contributed by atoms with van der Waals surface area (Å²) in [5, 5.41) is 2.95. The molecule has 0 aliphatic heterocycles. The zero-order valence-electron chi connectivity index (χ0n) is 14.8. The number of aliphatic imine (C=N–C) groups is 1. The minimum absolute atomic E-state index is 0.135. The fourth-order valence-corrected chi connectivity index (χ4v) is 3.04. The summed E-state index contributed by atoms with van der Waals surface area (Å²) < 4.78 is 5.15. The Balaban J connectivity index is 1.84. The van der Waals surface area contributed by atoms with Gasteiger partial charge in [-0.15, -0.1) is 0 Å². The number of carbonyl (C=O) groups excluding carboxylic acids is 1. The molecule has 1 saturated carbocycles. The number of hydrogen-bond donors (Lipinski definition) is 1. The van der Waals surface area contributed by atoms with Crippen molar-refractivity contribution < 1.29 is 9.53 Å². The molecule has 0 aromatic heterocycles. The van der Waals surface area contributed by atoms with Crippen LogP contribution in [0.3, 0.4) is 0 Å². The molecule has 2 aromatic rings. The van der Waals surface area contributed by atoms with Crippen LogP contribution >= 0.6 is 0 Å². The lowest BCUT2D eigenvalue weighted by molar-refractivity contribution is 0.102. The zero-order chi connectivity index (χ0) is 17.6. The fourth-order valence-electron chi connectivity index (χ4n) is 3.04. The Morgan fingerprint density at radius 3 is 2.44 bits per heavy atom. The Bertz CT molecular complexity index is 771. The van der Waals surface area contributed by atoms with Crippen LogP contribution in [0.15, 0.2) is 47.5 Å². The molecule has 1 amide bonds. The normalized spacial score (nSPS) is 14.1. The standard InChI is InChI=1S/C21H24N2O2/c1-15-8-13-20(22-16-6-4-3-5-7-16)19(14-15)21(24)23-17-9-11-18(25-2)12-10-17/h8-14H,3-7H2,1-2H3,(H,23,24). The predicted octanol–water partition coefficient (Wildman–Crippen LogP) is 5.29. The first-order valence-electron chi connectivity index (χ1n) is 8.78. The van der Waals surface area contributed by atoms with E-state index in [2.05, 4.69) is 5.32 Å². The van der Waals surface area contributed by atoms with Crippen LogP contribution in [0.1, 0.15) is 48.0 Å². The first-order chi connectivity index (χ1) is 12.2. The molecule has 0 heterocycles. The predicted molar refractivity (Wildman–Crippen MR) is 102 cm³/mol. The number of rotatable bonds is 4. The van der Waals surface area contributed by atoms with Gasteiger partial charge in [0, 0.05) is 11.4 Å². The summed E-state index contributed by atoms with van der Waals surface area (Å²) >= 11 is 0. The van der Waals surface area contributed by atoms with Crippen LogP contribution < -0.4 is 10.1 Å². The second-order valence-corrected chi connectivity index (χ2v) is 6.44. The van der Waals surface area contributed by atoms with Crippen molar-refractivity contribution in [1.82, 2.24) is 0 Å². The molecule has 0 unspecified atom stereocenters. The van der Waals surface area contributed by atoms with Gasteiger partial charge in [-0.05, 0) is 69.0 Å². The van der Waals surface area contributed by atoms with Gasteiger partial charge >= 0.3 is 0 Å². The Morgan fingerprint density at radius 2 is 1.76 bits per heavy atom. The number of amides is 1. The second kappa shape index (κ2) is 7.97. The molecule has 3 rings (SSSR count). The minimum atomic E-state index is -0.135. The van der Waals surface area contributed by atoms with Gasteiger partial charge in [0.1, 0.15) is 5.75 Å². The lowest BCUT2D eigenvalue weighted by Crippen LogP contribution is -2.13. The first kappa shape index (κ1) is 17.2. The number of nitrogens with one attached hydrogen (secondary N) is 1. The maximum Gasteiger partial charge on any atom is 0.257 e. The van der Waals surface area contributed by atoms with E-state index >= 15 is 0 Å². The van der Waals surface area contributed by atoms with Gasteiger partial charge in [0.15, 0.2) is 0 Å². The smallest absolute Gasteiger partial charge is 0.257 e. The van der Waals surface area contributed by atoms with Crippen molar-refractivity contribution in [2.45, 2.75) is 39.0 Å². The second-order valence-electron chi connectivity index (χ2n) is 6.44. The maximum atomic E-state index is 12.8. The number of anilines is 1. The number of nitrogens with zero attached hydrogens (tertiary/aromatic N) is 1. The number of hydrogen-bond acceptors (Lipinski definition) is 3. The highest BCUT2D eigenvalue weighted by Crippen LogP contribution is 2.26. The van der Waals surface area contributed by atoms with Crippen LogP contribution in [-0.2, 0) is 0 Å². The monoisotopic (exact) mass is 336 g/mol. The Kier molecular flexibility index (Phi) is 5.49. The van der Waals surface area contributed by atoms with E-state index in [0.717, 1.165) is 35.5 Å². The molecular weight excluding hydrogens is 312 g/mol. The van der Waals surface area contributed by atoms with Gasteiger partial charge < -0.3 is 10.1 Å². The van der Waals surface area contributed by atoms with Crippen LogP contribution in [0.4, 0.5) is 11.4 Å². The summed E-state index contributed by atoms with van der Waals surface area (Å²) in [4.78, 5) is 17.6. The minimum Gasteiger partial charge on any atom is -0.497 e. The fraction of sp³-hybridized carbons (Fsp3) is 0.333. The quantitative estimate of drug-likeness (QED) is 0.824. The Labute approximate surface area is 148 Å². The van der Waals surface area contributed by atoms with Crippen LogP contribution in [0.25, 0.3) is 0 Å². The van der Waals surface area contributed by atoms with Gasteiger partial charge in [0.25, 0.3) is 5.91 Å². The Hall–Kier alpha value is -2.62. The molecule has 2 aromatic carbocycles. The third kappa shape index (κ3) is 4.47. The van der Waals surface area contributed by atoms with Gasteiger partial charge in [0.2, 0.25) is 0 Å². The summed E-state index contributed by atoms with van der Waals surface area (Å²) in [7, 11) is 1.62. The van der Waals surface area contributed by atoms with E-state index in [-0.39, 0.29) is 5.91 Å². The van der Waals surface area contributed by atoms with E-state index in [1.807, 2.05) is 49.4 Å². The molecule has 1 aliphatic rings. The van der Waals surface area contributed by atoms with Crippen molar-refractivity contribution >= 4 is 23.0 Å². The summed E-state index contributed by atoms with van der Waals surface area (Å²) in [6, 6.07) is 13.2. The Morgan fingerprint density at radius 1 is 1.04 bits per heavy atom. The average Bonchev–Trinajstić information content (AvgIpc) is 2.64. The number of methoxy groups -OCH3 is 1. The molecule has 0 atom stereocenters. The molecule has 1 aliphatic carbocycles. The largest absolute Gasteiger partial charge is 0.497 e. The van der Waals surface area contributed by atoms with E-state index in [4.69, 9.17) is 9.73 Å². The van der Waals surface area contributed by atoms with Gasteiger partial charge in [0.05, 0.1) is 18.4 Å². The molecule has 4 heteroatoms. The summed E-state index contributed by atoms with van der Waals surface area (Å²) in [5.41, 5.74) is 4.37. The molecule has 25 heavy (non-hydrogen) atoms. The number of benzene rings is 2. The average molecular weight is 336 g/mol. The number of aryl methyl sites for hydroxylation is 1. The van der Waals surface area contributed by atoms with Crippen molar-refractivity contribution in [3.63, 3.8) is 0 Å². The third-order valence-corrected chi connectivity index (χ3v) is 4.45. The van der Waals surface area contributed by atoms with Crippen molar-refractivity contribution in [3.05, 3.63) is 53.6 Å². The van der Waals surface area contributed by atoms with E-state index in [9.17, 15) is 4.79 Å². The van der Waals surface area contributed by atoms with Crippen molar-refractivity contribution in [2.75, 3.05) is 12.4 Å². The summed E-state index contributed by atoms with van der Waals surface area (Å²) in [6.07, 6.45) is 5.73. The highest BCUT2D eigenvalue weighted by atomic mass is 16.5. The third-order valence-electron chi connectivity index (χ3n) is 4.45. The highest BCUT2D eigenvalue weighted by Gasteiger charge is 2.14. The van der Waals surface area contributed by atoms with Gasteiger partial charge in [-0.25, -0.2) is 0 Å². The molecule has 130 valence electrons. The van der Waals surface area contributed by atoms with Crippen molar-refractivity contribution in [2.24, 2.45) is 4.99 Å². The van der Waals surface area contributed by atoms with Gasteiger partial charge in [-0.2, -0.15) is 0 Å². The molecule has 1 N–H and O–H groups in total. The molecule has 0 spiro atoms. The van der Waals surface area contributed by atoms with Crippen LogP contribution in [0, 0.1) is 6.92 Å². The molecule has 1 fully saturated rings. The van der Waals surface area contributed by atoms with E-state index < -0.39 is 0 Å². The summed E-state index contributed by atoms with van der Waals surface area (Å²) in [6.45, 7) is 1.99. The topological polar surface area (TPSA) is 50.7 Å². The SMILES string of the molecule is COc1ccc(NC(=O)c2cc(C)ccc2N=C2CCCCC2)cc1. The van der Waals surface area contributed by atoms with Crippen molar-refractivity contribution in [3.8, 4) is 5.75 Å². The highest BCUT2D eigenvalue weighted by molar-refractivity contribution is 6.08. The lowest BCUT2D eigenvalue weighted by Gasteiger charge is -2.14. The maximum absolute atomic E-state index is 12.8. The van der Waals surface area contributed by atoms with E-state index in [1.54, 1.807) is 7.11 Å². The molecular formula is C21H24N2O2. The van der Waals surface area contributed by atoms with Crippen LogP contribution in [-0.4, -0.2) is 18.7 Å². The van der Waals surface area contributed by atoms with Crippen molar-refractivity contribution in [1.29, 1.82) is 0 Å². The van der Waals surface area contributed by atoms with Crippen LogP contribution in [0.2, 0.25) is 0 Å². The van der Waals surface area contributed by atoms with E-state index in [1.165, 1.54) is 25.0 Å². The lowest BCUT2D eigenvalue weighted by atomic mass is 9.98.